The Hall–Kier alpha value is -1.92. The molecule has 1 aromatic heterocycles. The molecule has 1 aromatic carbocycles. The number of thiazole rings is 1. The highest BCUT2D eigenvalue weighted by molar-refractivity contribution is 7.13. The molecule has 3 rings (SSSR count). The topological polar surface area (TPSA) is 71.1 Å². The molecule has 2 aromatic rings. The Bertz CT molecular complexity index is 710. The van der Waals surface area contributed by atoms with Crippen LogP contribution in [0.4, 0.5) is 5.13 Å². The number of carbonyl (C=O) groups is 2. The summed E-state index contributed by atoms with van der Waals surface area (Å²) in [7, 11) is 0. The van der Waals surface area contributed by atoms with Gasteiger partial charge in [0.05, 0.1) is 12.1 Å². The van der Waals surface area contributed by atoms with Crippen molar-refractivity contribution in [3.8, 4) is 0 Å². The smallest absolute Gasteiger partial charge is 0.229 e. The summed E-state index contributed by atoms with van der Waals surface area (Å²) in [5, 5.41) is 8.65. The summed E-state index contributed by atoms with van der Waals surface area (Å²) in [6.45, 7) is 0.450. The lowest BCUT2D eigenvalue weighted by Gasteiger charge is -2.04. The second-order valence-electron chi connectivity index (χ2n) is 5.49. The van der Waals surface area contributed by atoms with Gasteiger partial charge in [0.2, 0.25) is 11.8 Å². The summed E-state index contributed by atoms with van der Waals surface area (Å²) in [5.74, 6) is 0.0634. The fourth-order valence-electron chi connectivity index (χ4n) is 2.03. The van der Waals surface area contributed by atoms with E-state index >= 15 is 0 Å². The second kappa shape index (κ2) is 7.10. The van der Waals surface area contributed by atoms with Crippen LogP contribution in [0.1, 0.15) is 24.1 Å². The van der Waals surface area contributed by atoms with Crippen LogP contribution in [0.2, 0.25) is 5.02 Å². The number of rotatable bonds is 6. The van der Waals surface area contributed by atoms with Crippen LogP contribution < -0.4 is 10.6 Å². The van der Waals surface area contributed by atoms with Gasteiger partial charge in [0.25, 0.3) is 0 Å². The first-order valence-corrected chi connectivity index (χ1v) is 8.62. The van der Waals surface area contributed by atoms with Crippen LogP contribution in [0.3, 0.4) is 0 Å². The molecule has 0 aliphatic heterocycles. The van der Waals surface area contributed by atoms with Gasteiger partial charge < -0.3 is 10.6 Å². The van der Waals surface area contributed by atoms with Gasteiger partial charge in [-0.2, -0.15) is 0 Å². The number of hydrogen-bond donors (Lipinski definition) is 2. The first kappa shape index (κ1) is 16.0. The molecule has 1 saturated carbocycles. The first-order valence-electron chi connectivity index (χ1n) is 7.36. The van der Waals surface area contributed by atoms with Crippen molar-refractivity contribution in [3.63, 3.8) is 0 Å². The van der Waals surface area contributed by atoms with E-state index in [1.54, 1.807) is 17.5 Å². The molecule has 120 valence electrons. The quantitative estimate of drug-likeness (QED) is 0.842. The van der Waals surface area contributed by atoms with E-state index < -0.39 is 0 Å². The molecule has 0 unspecified atom stereocenters. The van der Waals surface area contributed by atoms with Gasteiger partial charge in [-0.3, -0.25) is 9.59 Å². The average Bonchev–Trinajstić information content (AvgIpc) is 3.30. The summed E-state index contributed by atoms with van der Waals surface area (Å²) in [4.78, 5) is 27.9. The van der Waals surface area contributed by atoms with Crippen LogP contribution in [-0.2, 0) is 22.6 Å². The Morgan fingerprint density at radius 1 is 1.26 bits per heavy atom. The summed E-state index contributed by atoms with van der Waals surface area (Å²) < 4.78 is 0. The molecular formula is C16H16ClN3O2S. The molecule has 0 atom stereocenters. The maximum absolute atomic E-state index is 11.9. The number of hydrogen-bond acceptors (Lipinski definition) is 4. The third-order valence-electron chi connectivity index (χ3n) is 3.47. The predicted molar refractivity (Wildman–Crippen MR) is 90.5 cm³/mol. The molecule has 1 aliphatic carbocycles. The normalized spacial score (nSPS) is 13.6. The number of halogens is 1. The Morgan fingerprint density at radius 2 is 2.00 bits per heavy atom. The predicted octanol–water partition coefficient (Wildman–Crippen LogP) is 3.00. The molecule has 1 heterocycles. The highest BCUT2D eigenvalue weighted by Gasteiger charge is 2.30. The van der Waals surface area contributed by atoms with E-state index in [4.69, 9.17) is 11.6 Å². The summed E-state index contributed by atoms with van der Waals surface area (Å²) in [6, 6.07) is 7.32. The fourth-order valence-corrected chi connectivity index (χ4v) is 2.87. The third kappa shape index (κ3) is 4.77. The summed E-state index contributed by atoms with van der Waals surface area (Å²) in [5.41, 5.74) is 1.65. The number of benzene rings is 1. The third-order valence-corrected chi connectivity index (χ3v) is 4.53. The Balaban J connectivity index is 1.46. The van der Waals surface area contributed by atoms with E-state index in [-0.39, 0.29) is 24.2 Å². The minimum Gasteiger partial charge on any atom is -0.352 e. The van der Waals surface area contributed by atoms with Crippen molar-refractivity contribution in [2.45, 2.75) is 25.8 Å². The highest BCUT2D eigenvalue weighted by atomic mass is 35.5. The molecular weight excluding hydrogens is 334 g/mol. The van der Waals surface area contributed by atoms with E-state index in [0.717, 1.165) is 18.4 Å². The zero-order valence-corrected chi connectivity index (χ0v) is 13.9. The van der Waals surface area contributed by atoms with E-state index in [9.17, 15) is 9.59 Å². The molecule has 2 amide bonds. The minimum atomic E-state index is -0.106. The number of amides is 2. The first-order chi connectivity index (χ1) is 11.1. The molecule has 0 radical (unpaired) electrons. The van der Waals surface area contributed by atoms with Gasteiger partial charge >= 0.3 is 0 Å². The average molecular weight is 350 g/mol. The maximum atomic E-state index is 11.9. The van der Waals surface area contributed by atoms with Crippen LogP contribution in [0.15, 0.2) is 29.6 Å². The van der Waals surface area contributed by atoms with E-state index in [1.165, 1.54) is 11.3 Å². The Labute approximate surface area is 143 Å². The molecule has 0 bridgehead atoms. The van der Waals surface area contributed by atoms with Crippen molar-refractivity contribution in [3.05, 3.63) is 45.9 Å². The Morgan fingerprint density at radius 3 is 2.70 bits per heavy atom. The molecule has 1 fully saturated rings. The van der Waals surface area contributed by atoms with Gasteiger partial charge in [0.1, 0.15) is 0 Å². The lowest BCUT2D eigenvalue weighted by molar-refractivity contribution is -0.120. The van der Waals surface area contributed by atoms with Gasteiger partial charge in [-0.15, -0.1) is 11.3 Å². The van der Waals surface area contributed by atoms with Crippen LogP contribution in [0.5, 0.6) is 0 Å². The van der Waals surface area contributed by atoms with Gasteiger partial charge in [-0.05, 0) is 30.5 Å². The van der Waals surface area contributed by atoms with Gasteiger partial charge in [-0.1, -0.05) is 23.7 Å². The molecule has 5 nitrogen and oxygen atoms in total. The van der Waals surface area contributed by atoms with Crippen molar-refractivity contribution in [2.75, 3.05) is 5.32 Å². The van der Waals surface area contributed by atoms with Crippen LogP contribution in [-0.4, -0.2) is 16.8 Å². The van der Waals surface area contributed by atoms with Crippen molar-refractivity contribution in [1.29, 1.82) is 0 Å². The number of aromatic nitrogens is 1. The molecule has 0 saturated heterocycles. The fraction of sp³-hybridized carbons (Fsp3) is 0.312. The van der Waals surface area contributed by atoms with Gasteiger partial charge in [0, 0.05) is 22.9 Å². The zero-order valence-electron chi connectivity index (χ0n) is 12.3. The van der Waals surface area contributed by atoms with Gasteiger partial charge in [0.15, 0.2) is 5.13 Å². The molecule has 7 heteroatoms. The van der Waals surface area contributed by atoms with E-state index in [2.05, 4.69) is 15.6 Å². The lowest BCUT2D eigenvalue weighted by atomic mass is 10.2. The molecule has 1 aliphatic rings. The monoisotopic (exact) mass is 349 g/mol. The lowest BCUT2D eigenvalue weighted by Crippen LogP contribution is -2.24. The van der Waals surface area contributed by atoms with Gasteiger partial charge in [-0.25, -0.2) is 4.98 Å². The van der Waals surface area contributed by atoms with Crippen molar-refractivity contribution >= 4 is 39.9 Å². The maximum Gasteiger partial charge on any atom is 0.229 e. The molecule has 0 spiro atoms. The van der Waals surface area contributed by atoms with E-state index in [1.807, 2.05) is 12.1 Å². The Kier molecular flexibility index (Phi) is 4.93. The SMILES string of the molecule is O=C(Cc1csc(NC(=O)C2CC2)n1)NCc1ccc(Cl)cc1. The highest BCUT2D eigenvalue weighted by Crippen LogP contribution is 2.30. The van der Waals surface area contributed by atoms with E-state index in [0.29, 0.717) is 22.4 Å². The molecule has 23 heavy (non-hydrogen) atoms. The van der Waals surface area contributed by atoms with Crippen LogP contribution in [0.25, 0.3) is 0 Å². The number of anilines is 1. The standard InChI is InChI=1S/C16H16ClN3O2S/c17-12-5-1-10(2-6-12)8-18-14(21)7-13-9-23-16(19-13)20-15(22)11-3-4-11/h1-2,5-6,9,11H,3-4,7-8H2,(H,18,21)(H,19,20,22). The zero-order chi connectivity index (χ0) is 16.2. The van der Waals surface area contributed by atoms with Crippen molar-refractivity contribution < 1.29 is 9.59 Å². The second-order valence-corrected chi connectivity index (χ2v) is 6.78. The summed E-state index contributed by atoms with van der Waals surface area (Å²) in [6.07, 6.45) is 2.11. The van der Waals surface area contributed by atoms with Crippen molar-refractivity contribution in [2.24, 2.45) is 5.92 Å². The number of nitrogens with zero attached hydrogens (tertiary/aromatic N) is 1. The molecule has 2 N–H and O–H groups in total. The number of nitrogens with one attached hydrogen (secondary N) is 2. The minimum absolute atomic E-state index is 0.0260. The van der Waals surface area contributed by atoms with Crippen molar-refractivity contribution in [1.82, 2.24) is 10.3 Å². The number of carbonyl (C=O) groups excluding carboxylic acids is 2. The van der Waals surface area contributed by atoms with Crippen LogP contribution >= 0.6 is 22.9 Å². The largest absolute Gasteiger partial charge is 0.352 e. The summed E-state index contributed by atoms with van der Waals surface area (Å²) >= 11 is 7.16. The van der Waals surface area contributed by atoms with Crippen LogP contribution in [0, 0.1) is 5.92 Å².